The van der Waals surface area contributed by atoms with Gasteiger partial charge in [-0.25, -0.2) is 4.79 Å². The average Bonchev–Trinajstić information content (AvgIpc) is 2.97. The van der Waals surface area contributed by atoms with E-state index in [1.165, 1.54) is 13.0 Å². The molecule has 2 N–H and O–H groups in total. The Morgan fingerprint density at radius 2 is 1.95 bits per heavy atom. The van der Waals surface area contributed by atoms with Crippen LogP contribution in [0.15, 0.2) is 40.8 Å². The summed E-state index contributed by atoms with van der Waals surface area (Å²) in [5, 5.41) is 12.2. The van der Waals surface area contributed by atoms with E-state index in [0.29, 0.717) is 16.3 Å². The number of halogens is 1. The highest BCUT2D eigenvalue weighted by Crippen LogP contribution is 2.29. The lowest BCUT2D eigenvalue weighted by Gasteiger charge is -2.23. The summed E-state index contributed by atoms with van der Waals surface area (Å²) in [5.41, 5.74) is -0.672. The number of amides is 1. The van der Waals surface area contributed by atoms with E-state index in [1.807, 2.05) is 6.07 Å². The van der Waals surface area contributed by atoms with Crippen molar-refractivity contribution < 1.29 is 19.1 Å². The molecule has 2 rings (SSSR count). The summed E-state index contributed by atoms with van der Waals surface area (Å²) in [4.78, 5) is 23.4. The third-order valence-electron chi connectivity index (χ3n) is 3.54. The maximum atomic E-state index is 12.2. The molecule has 6 heteroatoms. The van der Waals surface area contributed by atoms with Crippen LogP contribution in [0.4, 0.5) is 0 Å². The summed E-state index contributed by atoms with van der Waals surface area (Å²) < 4.78 is 5.49. The second kappa shape index (κ2) is 6.23. The van der Waals surface area contributed by atoms with Crippen LogP contribution in [0, 0.1) is 0 Å². The second-order valence-corrected chi connectivity index (χ2v) is 5.50. The third kappa shape index (κ3) is 3.14. The number of carbonyl (C=O) groups is 2. The van der Waals surface area contributed by atoms with Crippen LogP contribution in [-0.4, -0.2) is 22.5 Å². The Bertz CT molecular complexity index is 710. The van der Waals surface area contributed by atoms with Gasteiger partial charge in [-0.15, -0.1) is 0 Å². The van der Waals surface area contributed by atoms with E-state index in [0.717, 1.165) is 0 Å². The highest BCUT2D eigenvalue weighted by molar-refractivity contribution is 6.33. The predicted octanol–water partition coefficient (Wildman–Crippen LogP) is 3.58. The van der Waals surface area contributed by atoms with Gasteiger partial charge in [-0.05, 0) is 37.6 Å². The first-order valence-electron chi connectivity index (χ1n) is 6.78. The van der Waals surface area contributed by atoms with Crippen molar-refractivity contribution in [1.82, 2.24) is 5.32 Å². The minimum Gasteiger partial charge on any atom is -0.480 e. The number of benzene rings is 1. The molecular formula is C16H16ClNO4. The Balaban J connectivity index is 2.23. The van der Waals surface area contributed by atoms with E-state index in [-0.39, 0.29) is 12.2 Å². The standard InChI is InChI=1S/C16H16ClNO4/c1-3-16(2,15(20)21)18-14(19)13-9-8-12(22-13)10-6-4-5-7-11(10)17/h4-9H,3H2,1-2H3,(H,18,19)(H,20,21). The number of hydrogen-bond acceptors (Lipinski definition) is 3. The SMILES string of the molecule is CCC(C)(NC(=O)c1ccc(-c2ccccc2Cl)o1)C(=O)O. The molecule has 1 unspecified atom stereocenters. The molecule has 0 aliphatic carbocycles. The van der Waals surface area contributed by atoms with Gasteiger partial charge < -0.3 is 14.8 Å². The van der Waals surface area contributed by atoms with E-state index in [2.05, 4.69) is 5.32 Å². The van der Waals surface area contributed by atoms with Gasteiger partial charge in [-0.1, -0.05) is 30.7 Å². The minimum absolute atomic E-state index is 0.0378. The molecule has 5 nitrogen and oxygen atoms in total. The number of rotatable bonds is 5. The second-order valence-electron chi connectivity index (χ2n) is 5.09. The molecule has 0 saturated carbocycles. The molecule has 0 bridgehead atoms. The molecule has 0 aliphatic rings. The lowest BCUT2D eigenvalue weighted by molar-refractivity contribution is -0.143. The first kappa shape index (κ1) is 16.1. The van der Waals surface area contributed by atoms with Crippen LogP contribution in [0.25, 0.3) is 11.3 Å². The fourth-order valence-corrected chi connectivity index (χ4v) is 2.10. The summed E-state index contributed by atoms with van der Waals surface area (Å²) in [7, 11) is 0. The van der Waals surface area contributed by atoms with Gasteiger partial charge in [0, 0.05) is 5.56 Å². The number of nitrogens with one attached hydrogen (secondary N) is 1. The van der Waals surface area contributed by atoms with Crippen LogP contribution in [0.3, 0.4) is 0 Å². The molecule has 1 amide bonds. The Morgan fingerprint density at radius 3 is 2.55 bits per heavy atom. The van der Waals surface area contributed by atoms with E-state index in [4.69, 9.17) is 16.0 Å². The monoisotopic (exact) mass is 321 g/mol. The highest BCUT2D eigenvalue weighted by Gasteiger charge is 2.33. The van der Waals surface area contributed by atoms with Gasteiger partial charge in [-0.3, -0.25) is 4.79 Å². The third-order valence-corrected chi connectivity index (χ3v) is 3.87. The topological polar surface area (TPSA) is 79.5 Å². The summed E-state index contributed by atoms with van der Waals surface area (Å²) in [6.45, 7) is 3.14. The predicted molar refractivity (Wildman–Crippen MR) is 83.0 cm³/mol. The van der Waals surface area contributed by atoms with Crippen molar-refractivity contribution in [1.29, 1.82) is 0 Å². The quantitative estimate of drug-likeness (QED) is 0.882. The Morgan fingerprint density at radius 1 is 1.27 bits per heavy atom. The van der Waals surface area contributed by atoms with Crippen molar-refractivity contribution in [3.8, 4) is 11.3 Å². The largest absolute Gasteiger partial charge is 0.480 e. The van der Waals surface area contributed by atoms with Gasteiger partial charge in [-0.2, -0.15) is 0 Å². The number of carboxylic acid groups (broad SMARTS) is 1. The van der Waals surface area contributed by atoms with Crippen molar-refractivity contribution in [2.45, 2.75) is 25.8 Å². The molecule has 0 saturated heterocycles. The van der Waals surface area contributed by atoms with Crippen molar-refractivity contribution in [3.63, 3.8) is 0 Å². The molecule has 1 aromatic carbocycles. The van der Waals surface area contributed by atoms with Gasteiger partial charge in [0.25, 0.3) is 5.91 Å². The first-order chi connectivity index (χ1) is 10.4. The zero-order valence-electron chi connectivity index (χ0n) is 12.2. The Kier molecular flexibility index (Phi) is 4.56. The van der Waals surface area contributed by atoms with E-state index in [1.54, 1.807) is 31.2 Å². The van der Waals surface area contributed by atoms with Crippen LogP contribution in [0.2, 0.25) is 5.02 Å². The van der Waals surface area contributed by atoms with E-state index < -0.39 is 17.4 Å². The molecule has 0 radical (unpaired) electrons. The van der Waals surface area contributed by atoms with E-state index >= 15 is 0 Å². The van der Waals surface area contributed by atoms with Crippen molar-refractivity contribution in [3.05, 3.63) is 47.2 Å². The number of furan rings is 1. The molecular weight excluding hydrogens is 306 g/mol. The molecule has 2 aromatic rings. The van der Waals surface area contributed by atoms with Crippen molar-refractivity contribution >= 4 is 23.5 Å². The normalized spacial score (nSPS) is 13.4. The molecule has 0 aliphatic heterocycles. The van der Waals surface area contributed by atoms with Crippen molar-refractivity contribution in [2.24, 2.45) is 0 Å². The summed E-state index contributed by atoms with van der Waals surface area (Å²) >= 11 is 6.08. The van der Waals surface area contributed by atoms with Crippen LogP contribution < -0.4 is 5.32 Å². The van der Waals surface area contributed by atoms with Crippen LogP contribution in [-0.2, 0) is 4.79 Å². The minimum atomic E-state index is -1.34. The average molecular weight is 322 g/mol. The Hall–Kier alpha value is -2.27. The van der Waals surface area contributed by atoms with Crippen molar-refractivity contribution in [2.75, 3.05) is 0 Å². The molecule has 0 fully saturated rings. The smallest absolute Gasteiger partial charge is 0.329 e. The fraction of sp³-hybridized carbons (Fsp3) is 0.250. The maximum absolute atomic E-state index is 12.2. The van der Waals surface area contributed by atoms with Crippen LogP contribution in [0.1, 0.15) is 30.8 Å². The number of carboxylic acids is 1. The Labute approximate surface area is 132 Å². The summed E-state index contributed by atoms with van der Waals surface area (Å²) in [6, 6.07) is 10.2. The maximum Gasteiger partial charge on any atom is 0.329 e. The van der Waals surface area contributed by atoms with Gasteiger partial charge >= 0.3 is 5.97 Å². The van der Waals surface area contributed by atoms with Gasteiger partial charge in [0.2, 0.25) is 0 Å². The van der Waals surface area contributed by atoms with Gasteiger partial charge in [0.15, 0.2) is 5.76 Å². The van der Waals surface area contributed by atoms with Crippen LogP contribution >= 0.6 is 11.6 Å². The lowest BCUT2D eigenvalue weighted by Crippen LogP contribution is -2.51. The number of hydrogen-bond donors (Lipinski definition) is 2. The fourth-order valence-electron chi connectivity index (χ4n) is 1.87. The van der Waals surface area contributed by atoms with E-state index in [9.17, 15) is 14.7 Å². The number of carbonyl (C=O) groups excluding carboxylic acids is 1. The zero-order valence-corrected chi connectivity index (χ0v) is 13.0. The summed E-state index contributed by atoms with van der Waals surface area (Å²) in [5.74, 6) is -1.19. The number of aliphatic carboxylic acids is 1. The molecule has 116 valence electrons. The molecule has 22 heavy (non-hydrogen) atoms. The summed E-state index contributed by atoms with van der Waals surface area (Å²) in [6.07, 6.45) is 0.256. The van der Waals surface area contributed by atoms with Gasteiger partial charge in [0.1, 0.15) is 11.3 Å². The first-order valence-corrected chi connectivity index (χ1v) is 7.16. The zero-order chi connectivity index (χ0) is 16.3. The van der Waals surface area contributed by atoms with Gasteiger partial charge in [0.05, 0.1) is 5.02 Å². The molecule has 1 aromatic heterocycles. The highest BCUT2D eigenvalue weighted by atomic mass is 35.5. The van der Waals surface area contributed by atoms with Crippen LogP contribution in [0.5, 0.6) is 0 Å². The molecule has 0 spiro atoms. The lowest BCUT2D eigenvalue weighted by atomic mass is 9.99. The molecule has 1 atom stereocenters. The molecule has 1 heterocycles.